The first kappa shape index (κ1) is 12.0. The van der Waals surface area contributed by atoms with Gasteiger partial charge in [-0.3, -0.25) is 4.90 Å². The first-order valence-electron chi connectivity index (χ1n) is 5.90. The van der Waals surface area contributed by atoms with E-state index in [9.17, 15) is 0 Å². The zero-order valence-electron chi connectivity index (χ0n) is 10.1. The summed E-state index contributed by atoms with van der Waals surface area (Å²) in [4.78, 5) is 3.89. The minimum atomic E-state index is 0.540. The number of benzene rings is 1. The van der Waals surface area contributed by atoms with Gasteiger partial charge in [0.05, 0.1) is 0 Å². The van der Waals surface area contributed by atoms with Crippen molar-refractivity contribution < 1.29 is 0 Å². The van der Waals surface area contributed by atoms with Gasteiger partial charge in [0.25, 0.3) is 0 Å². The Hall–Kier alpha value is -0.510. The van der Waals surface area contributed by atoms with E-state index in [0.29, 0.717) is 6.04 Å². The lowest BCUT2D eigenvalue weighted by Gasteiger charge is -2.33. The second-order valence-electron chi connectivity index (χ2n) is 4.24. The number of thioether (sulfide) groups is 1. The summed E-state index contributed by atoms with van der Waals surface area (Å²) in [5.74, 6) is 0. The Kier molecular flexibility index (Phi) is 4.27. The topological polar surface area (TPSA) is 15.3 Å². The fraction of sp³-hybridized carbons (Fsp3) is 0.538. The minimum absolute atomic E-state index is 0.540. The number of hydrogen-bond acceptors (Lipinski definition) is 3. The molecule has 1 aromatic carbocycles. The van der Waals surface area contributed by atoms with Gasteiger partial charge < -0.3 is 5.32 Å². The fourth-order valence-electron chi connectivity index (χ4n) is 2.16. The molecule has 2 nitrogen and oxygen atoms in total. The van der Waals surface area contributed by atoms with Crippen LogP contribution >= 0.6 is 11.8 Å². The van der Waals surface area contributed by atoms with Crippen LogP contribution in [0.3, 0.4) is 0 Å². The molecule has 1 N–H and O–H groups in total. The van der Waals surface area contributed by atoms with Crippen LogP contribution in [0.1, 0.15) is 18.5 Å². The van der Waals surface area contributed by atoms with Crippen molar-refractivity contribution in [3.63, 3.8) is 0 Å². The monoisotopic (exact) mass is 236 g/mol. The van der Waals surface area contributed by atoms with E-state index in [1.54, 1.807) is 11.8 Å². The number of hydrogen-bond donors (Lipinski definition) is 1. The van der Waals surface area contributed by atoms with E-state index >= 15 is 0 Å². The highest BCUT2D eigenvalue weighted by atomic mass is 32.2. The molecule has 0 aromatic heterocycles. The van der Waals surface area contributed by atoms with E-state index in [1.165, 1.54) is 10.5 Å². The smallest absolute Gasteiger partial charge is 0.0320 e. The van der Waals surface area contributed by atoms with Crippen LogP contribution in [0.25, 0.3) is 0 Å². The zero-order valence-corrected chi connectivity index (χ0v) is 10.9. The van der Waals surface area contributed by atoms with Gasteiger partial charge in [-0.1, -0.05) is 12.1 Å². The van der Waals surface area contributed by atoms with E-state index < -0.39 is 0 Å². The second kappa shape index (κ2) is 5.71. The average molecular weight is 236 g/mol. The van der Waals surface area contributed by atoms with E-state index in [1.807, 2.05) is 0 Å². The molecule has 0 aliphatic carbocycles. The summed E-state index contributed by atoms with van der Waals surface area (Å²) >= 11 is 1.80. The van der Waals surface area contributed by atoms with Gasteiger partial charge in [0.2, 0.25) is 0 Å². The predicted octanol–water partition coefficient (Wildman–Crippen LogP) is 2.37. The van der Waals surface area contributed by atoms with Gasteiger partial charge in [-0.05, 0) is 30.9 Å². The molecule has 0 bridgehead atoms. The molecule has 0 unspecified atom stereocenters. The number of piperazine rings is 1. The minimum Gasteiger partial charge on any atom is -0.314 e. The van der Waals surface area contributed by atoms with Gasteiger partial charge in [-0.2, -0.15) is 0 Å². The van der Waals surface area contributed by atoms with Gasteiger partial charge in [0.15, 0.2) is 0 Å². The van der Waals surface area contributed by atoms with E-state index in [2.05, 4.69) is 47.7 Å². The molecule has 2 rings (SSSR count). The summed E-state index contributed by atoms with van der Waals surface area (Å²) in [5, 5.41) is 3.39. The summed E-state index contributed by atoms with van der Waals surface area (Å²) in [6.07, 6.45) is 2.12. The first-order valence-corrected chi connectivity index (χ1v) is 7.12. The lowest BCUT2D eigenvalue weighted by molar-refractivity contribution is 0.185. The van der Waals surface area contributed by atoms with Crippen molar-refractivity contribution in [1.82, 2.24) is 10.2 Å². The largest absolute Gasteiger partial charge is 0.314 e. The second-order valence-corrected chi connectivity index (χ2v) is 5.11. The SMILES string of the molecule is CSc1ccc([C@H](C)N2CCNCC2)cc1. The van der Waals surface area contributed by atoms with Gasteiger partial charge >= 0.3 is 0 Å². The van der Waals surface area contributed by atoms with Crippen LogP contribution in [0.4, 0.5) is 0 Å². The van der Waals surface area contributed by atoms with Crippen molar-refractivity contribution >= 4 is 11.8 Å². The highest BCUT2D eigenvalue weighted by Gasteiger charge is 2.17. The van der Waals surface area contributed by atoms with Crippen molar-refractivity contribution in [3.8, 4) is 0 Å². The molecule has 1 fully saturated rings. The fourth-order valence-corrected chi connectivity index (χ4v) is 2.57. The standard InChI is InChI=1S/C13H20N2S/c1-11(15-9-7-14-8-10-15)12-3-5-13(16-2)6-4-12/h3-6,11,14H,7-10H2,1-2H3/t11-/m0/s1. The third-order valence-electron chi connectivity index (χ3n) is 3.30. The lowest BCUT2D eigenvalue weighted by Crippen LogP contribution is -2.44. The van der Waals surface area contributed by atoms with E-state index in [0.717, 1.165) is 26.2 Å². The van der Waals surface area contributed by atoms with Crippen molar-refractivity contribution in [2.24, 2.45) is 0 Å². The van der Waals surface area contributed by atoms with Crippen LogP contribution in [0.2, 0.25) is 0 Å². The molecular weight excluding hydrogens is 216 g/mol. The summed E-state index contributed by atoms with van der Waals surface area (Å²) in [7, 11) is 0. The van der Waals surface area contributed by atoms with E-state index in [-0.39, 0.29) is 0 Å². The summed E-state index contributed by atoms with van der Waals surface area (Å²) in [6.45, 7) is 6.86. The molecule has 1 aromatic rings. The maximum absolute atomic E-state index is 3.39. The Morgan fingerprint density at radius 2 is 1.81 bits per heavy atom. The summed E-state index contributed by atoms with van der Waals surface area (Å²) < 4.78 is 0. The van der Waals surface area contributed by atoms with Crippen LogP contribution in [0, 0.1) is 0 Å². The summed E-state index contributed by atoms with van der Waals surface area (Å²) in [5.41, 5.74) is 1.43. The predicted molar refractivity (Wildman–Crippen MR) is 71.1 cm³/mol. The van der Waals surface area contributed by atoms with Crippen LogP contribution in [0.15, 0.2) is 29.2 Å². The van der Waals surface area contributed by atoms with Crippen LogP contribution in [-0.4, -0.2) is 37.3 Å². The maximum Gasteiger partial charge on any atom is 0.0320 e. The third-order valence-corrected chi connectivity index (χ3v) is 4.04. The molecule has 0 amide bonds. The Bertz CT molecular complexity index is 317. The zero-order chi connectivity index (χ0) is 11.4. The molecule has 0 radical (unpaired) electrons. The van der Waals surface area contributed by atoms with Gasteiger partial charge in [0, 0.05) is 37.1 Å². The van der Waals surface area contributed by atoms with Gasteiger partial charge in [0.1, 0.15) is 0 Å². The Labute approximate surface area is 102 Å². The number of rotatable bonds is 3. The molecule has 16 heavy (non-hydrogen) atoms. The Balaban J connectivity index is 2.04. The van der Waals surface area contributed by atoms with Crippen LogP contribution in [0.5, 0.6) is 0 Å². The molecule has 1 aliphatic heterocycles. The molecule has 1 saturated heterocycles. The molecule has 88 valence electrons. The molecular formula is C13H20N2S. The van der Waals surface area contributed by atoms with Gasteiger partial charge in [-0.25, -0.2) is 0 Å². The van der Waals surface area contributed by atoms with Crippen LogP contribution in [-0.2, 0) is 0 Å². The lowest BCUT2D eigenvalue weighted by atomic mass is 10.1. The third kappa shape index (κ3) is 2.78. The first-order chi connectivity index (χ1) is 7.81. The van der Waals surface area contributed by atoms with Gasteiger partial charge in [-0.15, -0.1) is 11.8 Å². The molecule has 0 spiro atoms. The highest BCUT2D eigenvalue weighted by molar-refractivity contribution is 7.98. The summed E-state index contributed by atoms with van der Waals surface area (Å²) in [6, 6.07) is 9.51. The average Bonchev–Trinajstić information content (AvgIpc) is 2.39. The van der Waals surface area contributed by atoms with Crippen molar-refractivity contribution in [2.45, 2.75) is 17.9 Å². The van der Waals surface area contributed by atoms with Crippen molar-refractivity contribution in [3.05, 3.63) is 29.8 Å². The molecule has 1 aliphatic rings. The van der Waals surface area contributed by atoms with E-state index in [4.69, 9.17) is 0 Å². The van der Waals surface area contributed by atoms with Crippen LogP contribution < -0.4 is 5.32 Å². The number of nitrogens with zero attached hydrogens (tertiary/aromatic N) is 1. The molecule has 1 atom stereocenters. The quantitative estimate of drug-likeness (QED) is 0.811. The normalized spacial score (nSPS) is 19.6. The Morgan fingerprint density at radius 3 is 2.38 bits per heavy atom. The molecule has 3 heteroatoms. The molecule has 1 heterocycles. The number of nitrogens with one attached hydrogen (secondary N) is 1. The van der Waals surface area contributed by atoms with Crippen molar-refractivity contribution in [1.29, 1.82) is 0 Å². The van der Waals surface area contributed by atoms with Crippen molar-refractivity contribution in [2.75, 3.05) is 32.4 Å². The molecule has 0 saturated carbocycles. The Morgan fingerprint density at radius 1 is 1.19 bits per heavy atom. The highest BCUT2D eigenvalue weighted by Crippen LogP contribution is 2.23. The maximum atomic E-state index is 3.39.